The van der Waals surface area contributed by atoms with Gasteiger partial charge in [0.25, 0.3) is 5.69 Å². The Hall–Kier alpha value is -2.40. The smallest absolute Gasteiger partial charge is 0.293 e. The normalized spacial score (nSPS) is 11.8. The fourth-order valence-electron chi connectivity index (χ4n) is 2.16. The predicted octanol–water partition coefficient (Wildman–Crippen LogP) is 4.62. The molecule has 114 valence electrons. The summed E-state index contributed by atoms with van der Waals surface area (Å²) in [7, 11) is 0. The number of hydrogen-bond acceptors (Lipinski definition) is 4. The molecule has 0 aliphatic carbocycles. The summed E-state index contributed by atoms with van der Waals surface area (Å²) in [5.74, 6) is -0.214. The lowest BCUT2D eigenvalue weighted by atomic mass is 10.1. The minimum absolute atomic E-state index is 0.133. The monoisotopic (exact) mass is 318 g/mol. The van der Waals surface area contributed by atoms with Crippen molar-refractivity contribution >= 4 is 28.8 Å². The first kappa shape index (κ1) is 16.0. The second-order valence-electron chi connectivity index (χ2n) is 4.93. The number of carbonyl (C=O) groups is 1. The Labute approximate surface area is 133 Å². The summed E-state index contributed by atoms with van der Waals surface area (Å²) in [6.45, 7) is 3.24. The van der Waals surface area contributed by atoms with Gasteiger partial charge in [0.15, 0.2) is 5.78 Å². The zero-order valence-electron chi connectivity index (χ0n) is 12.2. The molecule has 0 fully saturated rings. The minimum Gasteiger partial charge on any atom is -0.373 e. The maximum absolute atomic E-state index is 11.4. The number of Topliss-reactive ketones (excluding diaryl/α,β-unsaturated/α-hetero) is 1. The Morgan fingerprint density at radius 1 is 1.27 bits per heavy atom. The summed E-state index contributed by atoms with van der Waals surface area (Å²) in [6.07, 6.45) is 0. The van der Waals surface area contributed by atoms with Crippen molar-refractivity contribution in [3.05, 3.63) is 68.7 Å². The number of nitrogens with zero attached hydrogens (tertiary/aromatic N) is 1. The SMILES string of the molecule is CC(=O)c1ccc(N[C@H](C)c2ccccc2Cl)c([N+](=O)[O-])c1. The van der Waals surface area contributed by atoms with Gasteiger partial charge in [0.2, 0.25) is 0 Å². The average Bonchev–Trinajstić information content (AvgIpc) is 2.47. The van der Waals surface area contributed by atoms with Crippen LogP contribution in [0.5, 0.6) is 0 Å². The van der Waals surface area contributed by atoms with Gasteiger partial charge in [-0.3, -0.25) is 14.9 Å². The largest absolute Gasteiger partial charge is 0.373 e. The van der Waals surface area contributed by atoms with Crippen LogP contribution in [0.2, 0.25) is 5.02 Å². The topological polar surface area (TPSA) is 72.2 Å². The van der Waals surface area contributed by atoms with E-state index in [0.29, 0.717) is 16.3 Å². The summed E-state index contributed by atoms with van der Waals surface area (Å²) in [5, 5.41) is 14.9. The van der Waals surface area contributed by atoms with Crippen molar-refractivity contribution < 1.29 is 9.72 Å². The van der Waals surface area contributed by atoms with Crippen LogP contribution in [0.4, 0.5) is 11.4 Å². The molecule has 0 spiro atoms. The molecule has 0 saturated heterocycles. The van der Waals surface area contributed by atoms with Gasteiger partial charge in [-0.2, -0.15) is 0 Å². The molecule has 0 radical (unpaired) electrons. The van der Waals surface area contributed by atoms with E-state index in [2.05, 4.69) is 5.32 Å². The zero-order chi connectivity index (χ0) is 16.3. The van der Waals surface area contributed by atoms with Crippen LogP contribution >= 0.6 is 11.6 Å². The van der Waals surface area contributed by atoms with Gasteiger partial charge in [-0.15, -0.1) is 0 Å². The van der Waals surface area contributed by atoms with Crippen LogP contribution in [0.25, 0.3) is 0 Å². The molecule has 0 aromatic heterocycles. The second-order valence-corrected chi connectivity index (χ2v) is 5.34. The van der Waals surface area contributed by atoms with E-state index >= 15 is 0 Å². The Bertz CT molecular complexity index is 731. The second kappa shape index (κ2) is 6.58. The summed E-state index contributed by atoms with van der Waals surface area (Å²) < 4.78 is 0. The van der Waals surface area contributed by atoms with E-state index < -0.39 is 4.92 Å². The predicted molar refractivity (Wildman–Crippen MR) is 86.6 cm³/mol. The van der Waals surface area contributed by atoms with E-state index in [1.807, 2.05) is 25.1 Å². The maximum atomic E-state index is 11.4. The molecule has 0 aliphatic heterocycles. The zero-order valence-corrected chi connectivity index (χ0v) is 12.9. The van der Waals surface area contributed by atoms with Gasteiger partial charge in [-0.1, -0.05) is 29.8 Å². The third-order valence-corrected chi connectivity index (χ3v) is 3.69. The number of ketones is 1. The Morgan fingerprint density at radius 3 is 2.55 bits per heavy atom. The van der Waals surface area contributed by atoms with Crippen molar-refractivity contribution in [3.63, 3.8) is 0 Å². The Morgan fingerprint density at radius 2 is 1.95 bits per heavy atom. The van der Waals surface area contributed by atoms with Crippen LogP contribution in [0.15, 0.2) is 42.5 Å². The van der Waals surface area contributed by atoms with Gasteiger partial charge in [-0.25, -0.2) is 0 Å². The molecule has 2 rings (SSSR count). The number of nitrogens with one attached hydrogen (secondary N) is 1. The van der Waals surface area contributed by atoms with Crippen LogP contribution in [0.1, 0.15) is 35.8 Å². The first-order chi connectivity index (χ1) is 10.4. The fourth-order valence-corrected chi connectivity index (χ4v) is 2.46. The van der Waals surface area contributed by atoms with Crippen LogP contribution in [-0.2, 0) is 0 Å². The lowest BCUT2D eigenvalue weighted by Gasteiger charge is -2.17. The molecule has 5 nitrogen and oxygen atoms in total. The molecule has 2 aromatic carbocycles. The minimum atomic E-state index is -0.506. The number of anilines is 1. The quantitative estimate of drug-likeness (QED) is 0.496. The number of nitro benzene ring substituents is 1. The van der Waals surface area contributed by atoms with E-state index in [0.717, 1.165) is 5.56 Å². The lowest BCUT2D eigenvalue weighted by molar-refractivity contribution is -0.384. The third kappa shape index (κ3) is 3.43. The standard InChI is InChI=1S/C16H15ClN2O3/c1-10(13-5-3-4-6-14(13)17)18-15-8-7-12(11(2)20)9-16(15)19(21)22/h3-10,18H,1-2H3/t10-/m1/s1. The van der Waals surface area contributed by atoms with Crippen molar-refractivity contribution in [1.82, 2.24) is 0 Å². The van der Waals surface area contributed by atoms with Crippen LogP contribution < -0.4 is 5.32 Å². The molecular formula is C16H15ClN2O3. The third-order valence-electron chi connectivity index (χ3n) is 3.34. The summed E-state index contributed by atoms with van der Waals surface area (Å²) in [4.78, 5) is 22.1. The van der Waals surface area contributed by atoms with Gasteiger partial charge in [0.1, 0.15) is 5.69 Å². The number of carbonyl (C=O) groups excluding carboxylic acids is 1. The molecule has 1 N–H and O–H groups in total. The number of hydrogen-bond donors (Lipinski definition) is 1. The van der Waals surface area contributed by atoms with E-state index in [9.17, 15) is 14.9 Å². The first-order valence-electron chi connectivity index (χ1n) is 6.70. The van der Waals surface area contributed by atoms with E-state index in [1.165, 1.54) is 13.0 Å². The van der Waals surface area contributed by atoms with Crippen molar-refractivity contribution in [2.24, 2.45) is 0 Å². The number of benzene rings is 2. The molecule has 0 heterocycles. The maximum Gasteiger partial charge on any atom is 0.293 e. The molecule has 22 heavy (non-hydrogen) atoms. The van der Waals surface area contributed by atoms with Crippen molar-refractivity contribution in [2.75, 3.05) is 5.32 Å². The first-order valence-corrected chi connectivity index (χ1v) is 7.08. The summed E-state index contributed by atoms with van der Waals surface area (Å²) in [5.41, 5.74) is 1.37. The molecular weight excluding hydrogens is 304 g/mol. The number of rotatable bonds is 5. The van der Waals surface area contributed by atoms with E-state index in [4.69, 9.17) is 11.6 Å². The molecule has 2 aromatic rings. The highest BCUT2D eigenvalue weighted by molar-refractivity contribution is 6.31. The van der Waals surface area contributed by atoms with E-state index in [1.54, 1.807) is 18.2 Å². The van der Waals surface area contributed by atoms with Gasteiger partial charge in [0.05, 0.1) is 11.0 Å². The highest BCUT2D eigenvalue weighted by atomic mass is 35.5. The van der Waals surface area contributed by atoms with Gasteiger partial charge >= 0.3 is 0 Å². The van der Waals surface area contributed by atoms with Gasteiger partial charge < -0.3 is 5.32 Å². The molecule has 0 saturated carbocycles. The molecule has 0 amide bonds. The molecule has 1 atom stereocenters. The van der Waals surface area contributed by atoms with E-state index in [-0.39, 0.29) is 17.5 Å². The fraction of sp³-hybridized carbons (Fsp3) is 0.188. The Kier molecular flexibility index (Phi) is 4.78. The molecule has 0 aliphatic rings. The van der Waals surface area contributed by atoms with Crippen LogP contribution in [0, 0.1) is 10.1 Å². The van der Waals surface area contributed by atoms with Crippen molar-refractivity contribution in [3.8, 4) is 0 Å². The summed E-state index contributed by atoms with van der Waals surface area (Å²) >= 11 is 6.14. The summed E-state index contributed by atoms with van der Waals surface area (Å²) in [6, 6.07) is 11.5. The lowest BCUT2D eigenvalue weighted by Crippen LogP contribution is -2.09. The highest BCUT2D eigenvalue weighted by Gasteiger charge is 2.18. The molecule has 0 unspecified atom stereocenters. The molecule has 0 bridgehead atoms. The average molecular weight is 319 g/mol. The Balaban J connectivity index is 2.35. The van der Waals surface area contributed by atoms with Crippen molar-refractivity contribution in [1.29, 1.82) is 0 Å². The molecule has 6 heteroatoms. The highest BCUT2D eigenvalue weighted by Crippen LogP contribution is 2.31. The van der Waals surface area contributed by atoms with Crippen molar-refractivity contribution in [2.45, 2.75) is 19.9 Å². The number of halogens is 1. The van der Waals surface area contributed by atoms with Crippen LogP contribution in [-0.4, -0.2) is 10.7 Å². The van der Waals surface area contributed by atoms with Gasteiger partial charge in [-0.05, 0) is 37.6 Å². The van der Waals surface area contributed by atoms with Crippen LogP contribution in [0.3, 0.4) is 0 Å². The van der Waals surface area contributed by atoms with Gasteiger partial charge in [0, 0.05) is 16.7 Å². The number of nitro groups is 1.